The summed E-state index contributed by atoms with van der Waals surface area (Å²) in [5.41, 5.74) is 5.14. The van der Waals surface area contributed by atoms with Crippen molar-refractivity contribution in [3.05, 3.63) is 0 Å². The second-order valence-corrected chi connectivity index (χ2v) is 4.91. The Labute approximate surface area is 98.0 Å². The van der Waals surface area contributed by atoms with Gasteiger partial charge in [0.2, 0.25) is 0 Å². The SMILES string of the molecule is CC1(CNCC(C(N)=NO)C(F)(F)F)CCC1. The van der Waals surface area contributed by atoms with Gasteiger partial charge in [-0.15, -0.1) is 0 Å². The average molecular weight is 253 g/mol. The van der Waals surface area contributed by atoms with Gasteiger partial charge in [-0.3, -0.25) is 0 Å². The van der Waals surface area contributed by atoms with E-state index in [1.165, 1.54) is 0 Å². The van der Waals surface area contributed by atoms with E-state index in [1.807, 2.05) is 6.92 Å². The Balaban J connectivity index is 2.45. The molecule has 4 N–H and O–H groups in total. The van der Waals surface area contributed by atoms with Crippen LogP contribution < -0.4 is 11.1 Å². The van der Waals surface area contributed by atoms with Crippen LogP contribution in [-0.2, 0) is 0 Å². The van der Waals surface area contributed by atoms with Crippen molar-refractivity contribution in [3.8, 4) is 0 Å². The van der Waals surface area contributed by atoms with E-state index in [9.17, 15) is 13.2 Å². The van der Waals surface area contributed by atoms with Gasteiger partial charge in [-0.1, -0.05) is 18.5 Å². The molecule has 0 amide bonds. The first kappa shape index (κ1) is 14.1. The summed E-state index contributed by atoms with van der Waals surface area (Å²) in [6, 6.07) is 0. The Morgan fingerprint density at radius 3 is 2.47 bits per heavy atom. The van der Waals surface area contributed by atoms with Crippen molar-refractivity contribution in [2.45, 2.75) is 32.4 Å². The lowest BCUT2D eigenvalue weighted by Gasteiger charge is -2.39. The molecule has 17 heavy (non-hydrogen) atoms. The fraction of sp³-hybridized carbons (Fsp3) is 0.900. The van der Waals surface area contributed by atoms with Crippen LogP contribution in [0, 0.1) is 11.3 Å². The Hall–Kier alpha value is -0.980. The minimum atomic E-state index is -4.50. The summed E-state index contributed by atoms with van der Waals surface area (Å²) >= 11 is 0. The predicted octanol–water partition coefficient (Wildman–Crippen LogP) is 1.69. The number of hydrogen-bond acceptors (Lipinski definition) is 3. The molecule has 1 saturated carbocycles. The van der Waals surface area contributed by atoms with Gasteiger partial charge in [0.1, 0.15) is 5.92 Å². The number of rotatable bonds is 5. The molecule has 100 valence electrons. The van der Waals surface area contributed by atoms with Crippen LogP contribution >= 0.6 is 0 Å². The smallest absolute Gasteiger partial charge is 0.400 e. The zero-order valence-corrected chi connectivity index (χ0v) is 9.72. The normalized spacial score (nSPS) is 22.0. The van der Waals surface area contributed by atoms with Gasteiger partial charge < -0.3 is 16.3 Å². The van der Waals surface area contributed by atoms with Gasteiger partial charge in [0.25, 0.3) is 0 Å². The van der Waals surface area contributed by atoms with Crippen molar-refractivity contribution < 1.29 is 18.4 Å². The Morgan fingerprint density at radius 2 is 2.12 bits per heavy atom. The number of alkyl halides is 3. The van der Waals surface area contributed by atoms with E-state index in [0.717, 1.165) is 19.3 Å². The number of nitrogens with one attached hydrogen (secondary N) is 1. The monoisotopic (exact) mass is 253 g/mol. The lowest BCUT2D eigenvalue weighted by molar-refractivity contribution is -0.155. The predicted molar refractivity (Wildman–Crippen MR) is 57.8 cm³/mol. The molecular weight excluding hydrogens is 235 g/mol. The molecule has 1 aliphatic rings. The highest BCUT2D eigenvalue weighted by atomic mass is 19.4. The zero-order valence-electron chi connectivity index (χ0n) is 9.72. The number of amidine groups is 1. The van der Waals surface area contributed by atoms with Crippen molar-refractivity contribution in [2.75, 3.05) is 13.1 Å². The summed E-state index contributed by atoms with van der Waals surface area (Å²) in [5, 5.41) is 13.5. The number of oxime groups is 1. The van der Waals surface area contributed by atoms with E-state index in [2.05, 4.69) is 10.5 Å². The molecule has 1 aliphatic carbocycles. The molecule has 0 saturated heterocycles. The lowest BCUT2D eigenvalue weighted by atomic mass is 9.70. The maximum absolute atomic E-state index is 12.6. The average Bonchev–Trinajstić information content (AvgIpc) is 2.19. The molecule has 0 aliphatic heterocycles. The summed E-state index contributed by atoms with van der Waals surface area (Å²) in [6.07, 6.45) is -1.31. The molecular formula is C10H18F3N3O. The maximum atomic E-state index is 12.6. The van der Waals surface area contributed by atoms with Crippen LogP contribution in [0.2, 0.25) is 0 Å². The fourth-order valence-electron chi connectivity index (χ4n) is 1.93. The van der Waals surface area contributed by atoms with Crippen molar-refractivity contribution >= 4 is 5.84 Å². The summed E-state index contributed by atoms with van der Waals surface area (Å²) in [7, 11) is 0. The first-order chi connectivity index (χ1) is 7.78. The third-order valence-electron chi connectivity index (χ3n) is 3.33. The molecule has 1 rings (SSSR count). The standard InChI is InChI=1S/C10H18F3N3O/c1-9(3-2-4-9)6-15-5-7(8(14)16-17)10(11,12)13/h7,15,17H,2-6H2,1H3,(H2,14,16). The van der Waals surface area contributed by atoms with Crippen molar-refractivity contribution in [1.29, 1.82) is 0 Å². The summed E-state index contributed by atoms with van der Waals surface area (Å²) < 4.78 is 37.7. The molecule has 1 fully saturated rings. The first-order valence-corrected chi connectivity index (χ1v) is 5.53. The van der Waals surface area contributed by atoms with E-state index >= 15 is 0 Å². The molecule has 1 atom stereocenters. The van der Waals surface area contributed by atoms with Crippen LogP contribution in [0.4, 0.5) is 13.2 Å². The molecule has 7 heteroatoms. The number of nitrogens with two attached hydrogens (primary N) is 1. The molecule has 1 unspecified atom stereocenters. The van der Waals surface area contributed by atoms with E-state index in [4.69, 9.17) is 10.9 Å². The van der Waals surface area contributed by atoms with Gasteiger partial charge in [-0.2, -0.15) is 13.2 Å². The second-order valence-electron chi connectivity index (χ2n) is 4.91. The second kappa shape index (κ2) is 5.12. The molecule has 0 bridgehead atoms. The number of halogens is 3. The first-order valence-electron chi connectivity index (χ1n) is 5.53. The van der Waals surface area contributed by atoms with Crippen LogP contribution in [0.25, 0.3) is 0 Å². The molecule has 0 aromatic rings. The molecule has 4 nitrogen and oxygen atoms in total. The molecule has 0 spiro atoms. The zero-order chi connectivity index (χ0) is 13.1. The van der Waals surface area contributed by atoms with Crippen LogP contribution in [0.1, 0.15) is 26.2 Å². The minimum Gasteiger partial charge on any atom is -0.409 e. The van der Waals surface area contributed by atoms with E-state index in [-0.39, 0.29) is 12.0 Å². The topological polar surface area (TPSA) is 70.6 Å². The molecule has 0 aromatic heterocycles. The van der Waals surface area contributed by atoms with E-state index < -0.39 is 17.9 Å². The highest BCUT2D eigenvalue weighted by Gasteiger charge is 2.43. The summed E-state index contributed by atoms with van der Waals surface area (Å²) in [6.45, 7) is 2.21. The van der Waals surface area contributed by atoms with Gasteiger partial charge in [0.15, 0.2) is 5.84 Å². The quantitative estimate of drug-likeness (QED) is 0.302. The highest BCUT2D eigenvalue weighted by Crippen LogP contribution is 2.39. The van der Waals surface area contributed by atoms with Crippen molar-refractivity contribution in [2.24, 2.45) is 22.2 Å². The minimum absolute atomic E-state index is 0.0985. The van der Waals surface area contributed by atoms with Gasteiger partial charge in [0, 0.05) is 13.1 Å². The van der Waals surface area contributed by atoms with Crippen molar-refractivity contribution in [3.63, 3.8) is 0 Å². The van der Waals surface area contributed by atoms with E-state index in [1.54, 1.807) is 0 Å². The molecule has 0 radical (unpaired) electrons. The Kier molecular flexibility index (Phi) is 4.24. The number of hydrogen-bond donors (Lipinski definition) is 3. The third-order valence-corrected chi connectivity index (χ3v) is 3.33. The maximum Gasteiger partial charge on any atom is 0.400 e. The Morgan fingerprint density at radius 1 is 1.53 bits per heavy atom. The van der Waals surface area contributed by atoms with E-state index in [0.29, 0.717) is 6.54 Å². The van der Waals surface area contributed by atoms with Gasteiger partial charge in [0.05, 0.1) is 0 Å². The third kappa shape index (κ3) is 3.76. The fourth-order valence-corrected chi connectivity index (χ4v) is 1.93. The largest absolute Gasteiger partial charge is 0.409 e. The molecule has 0 heterocycles. The van der Waals surface area contributed by atoms with Gasteiger partial charge in [-0.05, 0) is 18.3 Å². The van der Waals surface area contributed by atoms with Gasteiger partial charge >= 0.3 is 6.18 Å². The number of nitrogens with zero attached hydrogens (tertiary/aromatic N) is 1. The lowest BCUT2D eigenvalue weighted by Crippen LogP contribution is -2.46. The summed E-state index contributed by atoms with van der Waals surface area (Å²) in [5.74, 6) is -2.74. The van der Waals surface area contributed by atoms with Crippen LogP contribution in [-0.4, -0.2) is 30.3 Å². The summed E-state index contributed by atoms with van der Waals surface area (Å²) in [4.78, 5) is 0. The van der Waals surface area contributed by atoms with Crippen LogP contribution in [0.15, 0.2) is 5.16 Å². The molecule has 0 aromatic carbocycles. The Bertz CT molecular complexity index is 287. The highest BCUT2D eigenvalue weighted by molar-refractivity contribution is 5.83. The van der Waals surface area contributed by atoms with Crippen LogP contribution in [0.5, 0.6) is 0 Å². The van der Waals surface area contributed by atoms with Crippen molar-refractivity contribution in [1.82, 2.24) is 5.32 Å². The van der Waals surface area contributed by atoms with Crippen LogP contribution in [0.3, 0.4) is 0 Å². The van der Waals surface area contributed by atoms with Gasteiger partial charge in [-0.25, -0.2) is 0 Å².